The molecule has 1 N–H and O–H groups in total. The quantitative estimate of drug-likeness (QED) is 0.848. The Labute approximate surface area is 145 Å². The summed E-state index contributed by atoms with van der Waals surface area (Å²) in [7, 11) is 0. The Morgan fingerprint density at radius 2 is 1.96 bits per heavy atom. The van der Waals surface area contributed by atoms with Crippen LogP contribution in [0, 0.1) is 11.8 Å². The Bertz CT molecular complexity index is 635. The molecule has 4 heteroatoms. The Morgan fingerprint density at radius 3 is 2.62 bits per heavy atom. The number of hydrogen-bond donors (Lipinski definition) is 1. The summed E-state index contributed by atoms with van der Waals surface area (Å²) >= 11 is 0. The van der Waals surface area contributed by atoms with E-state index in [1.54, 1.807) is 13.8 Å². The SMILES string of the molecule is CC(C)N1CCCN(C(=O)c2cccc(C#CC(C)(C)O)c2)CC1. The summed E-state index contributed by atoms with van der Waals surface area (Å²) in [5.74, 6) is 5.79. The molecule has 1 amide bonds. The van der Waals surface area contributed by atoms with Crippen molar-refractivity contribution in [1.29, 1.82) is 0 Å². The minimum Gasteiger partial charge on any atom is -0.378 e. The van der Waals surface area contributed by atoms with Gasteiger partial charge in [-0.25, -0.2) is 0 Å². The van der Waals surface area contributed by atoms with E-state index in [9.17, 15) is 9.90 Å². The first kappa shape index (κ1) is 18.5. The van der Waals surface area contributed by atoms with Crippen LogP contribution in [-0.4, -0.2) is 58.6 Å². The van der Waals surface area contributed by atoms with Crippen molar-refractivity contribution in [3.8, 4) is 11.8 Å². The molecule has 1 aliphatic heterocycles. The highest BCUT2D eigenvalue weighted by atomic mass is 16.3. The molecule has 0 unspecified atom stereocenters. The van der Waals surface area contributed by atoms with Crippen LogP contribution >= 0.6 is 0 Å². The van der Waals surface area contributed by atoms with Gasteiger partial charge in [0.25, 0.3) is 5.91 Å². The van der Waals surface area contributed by atoms with Gasteiger partial charge in [-0.3, -0.25) is 9.69 Å². The van der Waals surface area contributed by atoms with Gasteiger partial charge in [0, 0.05) is 43.3 Å². The van der Waals surface area contributed by atoms with Crippen LogP contribution in [0.4, 0.5) is 0 Å². The van der Waals surface area contributed by atoms with E-state index in [2.05, 4.69) is 30.6 Å². The monoisotopic (exact) mass is 328 g/mol. The van der Waals surface area contributed by atoms with Crippen LogP contribution in [0.3, 0.4) is 0 Å². The largest absolute Gasteiger partial charge is 0.378 e. The summed E-state index contributed by atoms with van der Waals surface area (Å²) in [6.07, 6.45) is 1.00. The second kappa shape index (κ2) is 7.83. The van der Waals surface area contributed by atoms with Gasteiger partial charge in [0.05, 0.1) is 0 Å². The maximum atomic E-state index is 12.8. The minimum atomic E-state index is -1.04. The molecule has 0 bridgehead atoms. The maximum absolute atomic E-state index is 12.8. The smallest absolute Gasteiger partial charge is 0.253 e. The summed E-state index contributed by atoms with van der Waals surface area (Å²) in [5.41, 5.74) is 0.377. The normalized spacial score (nSPS) is 16.5. The first-order valence-electron chi connectivity index (χ1n) is 8.65. The molecule has 1 aliphatic rings. The van der Waals surface area contributed by atoms with Crippen molar-refractivity contribution in [3.05, 3.63) is 35.4 Å². The Kier molecular flexibility index (Phi) is 6.04. The minimum absolute atomic E-state index is 0.0625. The molecule has 24 heavy (non-hydrogen) atoms. The lowest BCUT2D eigenvalue weighted by Crippen LogP contribution is -2.37. The zero-order valence-corrected chi connectivity index (χ0v) is 15.2. The van der Waals surface area contributed by atoms with Gasteiger partial charge < -0.3 is 10.0 Å². The molecule has 0 radical (unpaired) electrons. The highest BCUT2D eigenvalue weighted by Gasteiger charge is 2.21. The summed E-state index contributed by atoms with van der Waals surface area (Å²) in [5, 5.41) is 9.71. The lowest BCUT2D eigenvalue weighted by Gasteiger charge is -2.25. The fourth-order valence-corrected chi connectivity index (χ4v) is 2.79. The summed E-state index contributed by atoms with van der Waals surface area (Å²) in [6, 6.07) is 7.87. The lowest BCUT2D eigenvalue weighted by molar-refractivity contribution is 0.0759. The van der Waals surface area contributed by atoms with Crippen LogP contribution < -0.4 is 0 Å². The molecule has 0 atom stereocenters. The van der Waals surface area contributed by atoms with E-state index in [0.29, 0.717) is 11.6 Å². The summed E-state index contributed by atoms with van der Waals surface area (Å²) in [4.78, 5) is 17.1. The molecule has 1 aromatic rings. The van der Waals surface area contributed by atoms with E-state index in [0.717, 1.165) is 38.2 Å². The van der Waals surface area contributed by atoms with Gasteiger partial charge in [-0.2, -0.15) is 0 Å². The van der Waals surface area contributed by atoms with Crippen LogP contribution in [0.2, 0.25) is 0 Å². The highest BCUT2D eigenvalue weighted by molar-refractivity contribution is 5.94. The number of rotatable bonds is 2. The van der Waals surface area contributed by atoms with Crippen molar-refractivity contribution in [2.24, 2.45) is 0 Å². The van der Waals surface area contributed by atoms with Gasteiger partial charge in [-0.1, -0.05) is 17.9 Å². The molecule has 2 rings (SSSR count). The molecule has 1 fully saturated rings. The lowest BCUT2D eigenvalue weighted by atomic mass is 10.1. The van der Waals surface area contributed by atoms with Crippen LogP contribution in [0.1, 0.15) is 50.0 Å². The van der Waals surface area contributed by atoms with Crippen molar-refractivity contribution in [2.45, 2.75) is 45.8 Å². The first-order valence-corrected chi connectivity index (χ1v) is 8.65. The van der Waals surface area contributed by atoms with Gasteiger partial charge in [0.15, 0.2) is 0 Å². The number of aliphatic hydroxyl groups is 1. The summed E-state index contributed by atoms with van der Waals surface area (Å²) in [6.45, 7) is 11.2. The van der Waals surface area contributed by atoms with Crippen molar-refractivity contribution < 1.29 is 9.90 Å². The van der Waals surface area contributed by atoms with E-state index in [-0.39, 0.29) is 5.91 Å². The van der Waals surface area contributed by atoms with Crippen molar-refractivity contribution in [3.63, 3.8) is 0 Å². The van der Waals surface area contributed by atoms with Crippen molar-refractivity contribution in [2.75, 3.05) is 26.2 Å². The Hall–Kier alpha value is -1.83. The molecule has 1 aromatic carbocycles. The Morgan fingerprint density at radius 1 is 1.21 bits per heavy atom. The summed E-state index contributed by atoms with van der Waals surface area (Å²) < 4.78 is 0. The fourth-order valence-electron chi connectivity index (χ4n) is 2.79. The average Bonchev–Trinajstić information content (AvgIpc) is 2.78. The molecule has 0 aromatic heterocycles. The number of amides is 1. The zero-order chi connectivity index (χ0) is 17.7. The molecule has 0 aliphatic carbocycles. The van der Waals surface area contributed by atoms with E-state index in [1.807, 2.05) is 29.2 Å². The average molecular weight is 328 g/mol. The maximum Gasteiger partial charge on any atom is 0.253 e. The van der Waals surface area contributed by atoms with E-state index >= 15 is 0 Å². The number of benzene rings is 1. The number of hydrogen-bond acceptors (Lipinski definition) is 3. The van der Waals surface area contributed by atoms with Crippen LogP contribution in [0.5, 0.6) is 0 Å². The second-order valence-electron chi connectivity index (χ2n) is 7.17. The van der Waals surface area contributed by atoms with Gasteiger partial charge in [-0.15, -0.1) is 0 Å². The van der Waals surface area contributed by atoms with Crippen molar-refractivity contribution in [1.82, 2.24) is 9.80 Å². The van der Waals surface area contributed by atoms with Gasteiger partial charge >= 0.3 is 0 Å². The second-order valence-corrected chi connectivity index (χ2v) is 7.17. The molecule has 130 valence electrons. The third-order valence-corrected chi connectivity index (χ3v) is 4.17. The van der Waals surface area contributed by atoms with E-state index in [1.165, 1.54) is 0 Å². The molecule has 4 nitrogen and oxygen atoms in total. The number of carbonyl (C=O) groups is 1. The third kappa shape index (κ3) is 5.36. The van der Waals surface area contributed by atoms with E-state index in [4.69, 9.17) is 0 Å². The highest BCUT2D eigenvalue weighted by Crippen LogP contribution is 2.12. The van der Waals surface area contributed by atoms with Crippen molar-refractivity contribution >= 4 is 5.91 Å². The number of carbonyl (C=O) groups excluding carboxylic acids is 1. The molecular formula is C20H28N2O2. The topological polar surface area (TPSA) is 43.8 Å². The third-order valence-electron chi connectivity index (χ3n) is 4.17. The predicted molar refractivity (Wildman–Crippen MR) is 96.8 cm³/mol. The van der Waals surface area contributed by atoms with Gasteiger partial charge in [0.1, 0.15) is 5.60 Å². The molecule has 1 heterocycles. The predicted octanol–water partition coefficient (Wildman–Crippen LogP) is 2.37. The van der Waals surface area contributed by atoms with E-state index < -0.39 is 5.60 Å². The van der Waals surface area contributed by atoms with Crippen LogP contribution in [0.15, 0.2) is 24.3 Å². The molecule has 0 saturated carbocycles. The molecular weight excluding hydrogens is 300 g/mol. The zero-order valence-electron chi connectivity index (χ0n) is 15.2. The van der Waals surface area contributed by atoms with Crippen LogP contribution in [-0.2, 0) is 0 Å². The molecule has 0 spiro atoms. The van der Waals surface area contributed by atoms with Gasteiger partial charge in [0.2, 0.25) is 0 Å². The van der Waals surface area contributed by atoms with Crippen LogP contribution in [0.25, 0.3) is 0 Å². The first-order chi connectivity index (χ1) is 11.3. The molecule has 1 saturated heterocycles. The number of nitrogens with zero attached hydrogens (tertiary/aromatic N) is 2. The van der Waals surface area contributed by atoms with Gasteiger partial charge in [-0.05, 0) is 52.3 Å². The standard InChI is InChI=1S/C20H28N2O2/c1-16(2)21-11-6-12-22(14-13-21)19(23)18-8-5-7-17(15-18)9-10-20(3,4)24/h5,7-8,15-16,24H,6,11-14H2,1-4H3. The fraction of sp³-hybridized carbons (Fsp3) is 0.550. The Balaban J connectivity index is 2.10.